The molecular formula is C27H46S. The second-order valence-electron chi connectivity index (χ2n) is 8.50. The quantitative estimate of drug-likeness (QED) is 0.157. The summed E-state index contributed by atoms with van der Waals surface area (Å²) in [5.41, 5.74) is 7.52. The fourth-order valence-corrected chi connectivity index (χ4v) is 3.26. The summed E-state index contributed by atoms with van der Waals surface area (Å²) in [6.45, 7) is 13.4. The summed E-state index contributed by atoms with van der Waals surface area (Å²) in [6.07, 6.45) is 23.8. The average Bonchev–Trinajstić information content (AvgIpc) is 2.63. The van der Waals surface area contributed by atoms with E-state index in [0.717, 1.165) is 5.75 Å². The second kappa shape index (κ2) is 18.1. The van der Waals surface area contributed by atoms with E-state index in [0.29, 0.717) is 0 Å². The Bertz CT molecular complexity index is 551. The van der Waals surface area contributed by atoms with Gasteiger partial charge in [0.1, 0.15) is 0 Å². The molecule has 0 aliphatic carbocycles. The van der Waals surface area contributed by atoms with Crippen LogP contribution in [0.5, 0.6) is 0 Å². The van der Waals surface area contributed by atoms with Crippen molar-refractivity contribution in [1.29, 1.82) is 0 Å². The Balaban J connectivity index is 4.00. The smallest absolute Gasteiger partial charge is 0.00949 e. The van der Waals surface area contributed by atoms with Gasteiger partial charge in [0.25, 0.3) is 0 Å². The third kappa shape index (κ3) is 18.4. The Morgan fingerprint density at radius 3 is 1.25 bits per heavy atom. The predicted octanol–water partition coefficient (Wildman–Crippen LogP) is 9.57. The molecule has 0 aliphatic rings. The lowest BCUT2D eigenvalue weighted by Crippen LogP contribution is -1.83. The topological polar surface area (TPSA) is 0 Å². The summed E-state index contributed by atoms with van der Waals surface area (Å²) in [4.78, 5) is 0. The van der Waals surface area contributed by atoms with Crippen molar-refractivity contribution in [3.63, 3.8) is 0 Å². The van der Waals surface area contributed by atoms with Crippen molar-refractivity contribution in [3.8, 4) is 0 Å². The predicted molar refractivity (Wildman–Crippen MR) is 134 cm³/mol. The maximum atomic E-state index is 4.28. The molecule has 0 unspecified atom stereocenters. The highest BCUT2D eigenvalue weighted by atomic mass is 32.1. The summed E-state index contributed by atoms with van der Waals surface area (Å²) >= 11 is 4.28. The molecule has 0 heterocycles. The molecule has 0 fully saturated rings. The van der Waals surface area contributed by atoms with Crippen LogP contribution in [0.15, 0.2) is 58.2 Å². The van der Waals surface area contributed by atoms with Crippen molar-refractivity contribution in [1.82, 2.24) is 0 Å². The van der Waals surface area contributed by atoms with E-state index in [1.807, 2.05) is 0 Å². The van der Waals surface area contributed by atoms with Crippen LogP contribution in [-0.2, 0) is 0 Å². The molecule has 0 amide bonds. The van der Waals surface area contributed by atoms with Crippen LogP contribution in [-0.4, -0.2) is 5.75 Å². The van der Waals surface area contributed by atoms with Crippen LogP contribution in [0.2, 0.25) is 0 Å². The van der Waals surface area contributed by atoms with Crippen molar-refractivity contribution in [2.45, 2.75) is 106 Å². The van der Waals surface area contributed by atoms with Gasteiger partial charge in [0.15, 0.2) is 0 Å². The molecule has 28 heavy (non-hydrogen) atoms. The van der Waals surface area contributed by atoms with Crippen molar-refractivity contribution >= 4 is 12.6 Å². The van der Waals surface area contributed by atoms with E-state index < -0.39 is 0 Å². The number of hydrogen-bond donors (Lipinski definition) is 1. The Hall–Kier alpha value is -0.950. The van der Waals surface area contributed by atoms with Crippen LogP contribution in [0, 0.1) is 0 Å². The van der Waals surface area contributed by atoms with E-state index in [9.17, 15) is 0 Å². The van der Waals surface area contributed by atoms with E-state index in [1.165, 1.54) is 92.1 Å². The normalized spacial score (nSPS) is 13.8. The third-order valence-electron chi connectivity index (χ3n) is 5.04. The van der Waals surface area contributed by atoms with Gasteiger partial charge in [-0.2, -0.15) is 12.6 Å². The maximum Gasteiger partial charge on any atom is -0.00949 e. The average molecular weight is 403 g/mol. The zero-order chi connectivity index (χ0) is 21.2. The standard InChI is InChI=1S/C27H46S/c1-23(2)13-9-16-26(5)19-10-17-24(3)14-7-8-15-25(4)18-11-20-27(6)21-12-22-28/h13-15,19-20,28H,7-12,16-18,21-22H2,1-6H3/b24-14+,25-15+,26-19+,27-20+. The van der Waals surface area contributed by atoms with Gasteiger partial charge in [-0.3, -0.25) is 0 Å². The molecule has 0 spiro atoms. The van der Waals surface area contributed by atoms with Crippen LogP contribution >= 0.6 is 12.6 Å². The molecule has 0 aromatic carbocycles. The van der Waals surface area contributed by atoms with Gasteiger partial charge in [-0.05, 0) is 112 Å². The summed E-state index contributed by atoms with van der Waals surface area (Å²) < 4.78 is 0. The first-order valence-corrected chi connectivity index (χ1v) is 11.8. The molecule has 0 nitrogen and oxygen atoms in total. The molecule has 0 aromatic rings. The molecule has 0 aromatic heterocycles. The zero-order valence-electron chi connectivity index (χ0n) is 19.6. The first-order valence-electron chi connectivity index (χ1n) is 11.2. The largest absolute Gasteiger partial charge is 0.179 e. The van der Waals surface area contributed by atoms with Crippen molar-refractivity contribution in [2.24, 2.45) is 0 Å². The highest BCUT2D eigenvalue weighted by Gasteiger charge is 1.94. The second-order valence-corrected chi connectivity index (χ2v) is 8.95. The Morgan fingerprint density at radius 1 is 0.500 bits per heavy atom. The summed E-state index contributed by atoms with van der Waals surface area (Å²) in [7, 11) is 0. The monoisotopic (exact) mass is 402 g/mol. The molecular weight excluding hydrogens is 356 g/mol. The number of rotatable bonds is 15. The minimum atomic E-state index is 0.989. The van der Waals surface area contributed by atoms with E-state index in [2.05, 4.69) is 84.6 Å². The van der Waals surface area contributed by atoms with Gasteiger partial charge < -0.3 is 0 Å². The molecule has 0 bridgehead atoms. The minimum absolute atomic E-state index is 0.989. The molecule has 0 N–H and O–H groups in total. The van der Waals surface area contributed by atoms with Gasteiger partial charge in [-0.15, -0.1) is 0 Å². The Morgan fingerprint density at radius 2 is 0.857 bits per heavy atom. The summed E-state index contributed by atoms with van der Waals surface area (Å²) in [5, 5.41) is 0. The summed E-state index contributed by atoms with van der Waals surface area (Å²) in [6, 6.07) is 0. The maximum absolute atomic E-state index is 4.28. The van der Waals surface area contributed by atoms with E-state index >= 15 is 0 Å². The fourth-order valence-electron chi connectivity index (χ4n) is 3.11. The Kier molecular flexibility index (Phi) is 17.5. The van der Waals surface area contributed by atoms with E-state index in [4.69, 9.17) is 0 Å². The van der Waals surface area contributed by atoms with Crippen LogP contribution < -0.4 is 0 Å². The van der Waals surface area contributed by atoms with Crippen molar-refractivity contribution in [2.75, 3.05) is 5.75 Å². The number of thiol groups is 1. The van der Waals surface area contributed by atoms with Crippen molar-refractivity contribution < 1.29 is 0 Å². The lowest BCUT2D eigenvalue weighted by atomic mass is 10.0. The fraction of sp³-hybridized carbons (Fsp3) is 0.630. The van der Waals surface area contributed by atoms with Gasteiger partial charge in [0.05, 0.1) is 0 Å². The van der Waals surface area contributed by atoms with Gasteiger partial charge in [0.2, 0.25) is 0 Å². The molecule has 0 rings (SSSR count). The number of hydrogen-bond acceptors (Lipinski definition) is 1. The molecule has 0 aliphatic heterocycles. The van der Waals surface area contributed by atoms with Gasteiger partial charge in [-0.25, -0.2) is 0 Å². The Labute approximate surface area is 182 Å². The highest BCUT2D eigenvalue weighted by Crippen LogP contribution is 2.14. The number of allylic oxidation sites excluding steroid dienone is 10. The first-order chi connectivity index (χ1) is 13.3. The first kappa shape index (κ1) is 27.0. The summed E-state index contributed by atoms with van der Waals surface area (Å²) in [5.74, 6) is 0.989. The van der Waals surface area contributed by atoms with E-state index in [1.54, 1.807) is 0 Å². The zero-order valence-corrected chi connectivity index (χ0v) is 20.5. The van der Waals surface area contributed by atoms with Crippen LogP contribution in [0.3, 0.4) is 0 Å². The molecule has 0 saturated carbocycles. The van der Waals surface area contributed by atoms with Gasteiger partial charge >= 0.3 is 0 Å². The molecule has 0 atom stereocenters. The van der Waals surface area contributed by atoms with E-state index in [-0.39, 0.29) is 0 Å². The van der Waals surface area contributed by atoms with Crippen molar-refractivity contribution in [3.05, 3.63) is 58.2 Å². The van der Waals surface area contributed by atoms with Crippen LogP contribution in [0.25, 0.3) is 0 Å². The SMILES string of the molecule is CC(C)=CCC/C(C)=C/CC/C(C)=C/CC/C=C(\C)CC/C=C(\C)CCCS. The molecule has 1 heteroatoms. The molecule has 160 valence electrons. The lowest BCUT2D eigenvalue weighted by Gasteiger charge is -2.02. The van der Waals surface area contributed by atoms with Crippen LogP contribution in [0.1, 0.15) is 106 Å². The minimum Gasteiger partial charge on any atom is -0.179 e. The molecule has 0 radical (unpaired) electrons. The third-order valence-corrected chi connectivity index (χ3v) is 5.35. The number of unbranched alkanes of at least 4 members (excludes halogenated alkanes) is 1. The van der Waals surface area contributed by atoms with Gasteiger partial charge in [-0.1, -0.05) is 58.2 Å². The van der Waals surface area contributed by atoms with Gasteiger partial charge in [0, 0.05) is 0 Å². The lowest BCUT2D eigenvalue weighted by molar-refractivity contribution is 0.883. The highest BCUT2D eigenvalue weighted by molar-refractivity contribution is 7.80. The van der Waals surface area contributed by atoms with Crippen LogP contribution in [0.4, 0.5) is 0 Å². The molecule has 0 saturated heterocycles.